The second-order valence-corrected chi connectivity index (χ2v) is 17.0. The highest BCUT2D eigenvalue weighted by Gasteiger charge is 2.51. The molecule has 0 spiro atoms. The molecule has 4 aromatic carbocycles. The van der Waals surface area contributed by atoms with Crippen molar-refractivity contribution in [3.05, 3.63) is 119 Å². The number of hydrogen-bond acceptors (Lipinski definition) is 8. The second-order valence-electron chi connectivity index (χ2n) is 16.4. The number of carbonyl (C=O) groups is 2. The summed E-state index contributed by atoms with van der Waals surface area (Å²) in [6.07, 6.45) is 0.642. The van der Waals surface area contributed by atoms with Gasteiger partial charge >= 0.3 is 19.2 Å². The van der Waals surface area contributed by atoms with Crippen LogP contribution in [0.25, 0.3) is 0 Å². The van der Waals surface area contributed by atoms with Crippen LogP contribution in [-0.4, -0.2) is 55.8 Å². The summed E-state index contributed by atoms with van der Waals surface area (Å²) >= 11 is 3.36. The molecule has 0 saturated carbocycles. The molecule has 1 aliphatic rings. The molecule has 0 bridgehead atoms. The summed E-state index contributed by atoms with van der Waals surface area (Å²) in [5.74, 6) is 1.57. The number of esters is 1. The summed E-state index contributed by atoms with van der Waals surface area (Å²) in [6, 6.07) is 31.5. The van der Waals surface area contributed by atoms with Crippen LogP contribution < -0.4 is 20.3 Å². The number of methoxy groups -OCH3 is 2. The van der Waals surface area contributed by atoms with Gasteiger partial charge in [-0.05, 0) is 140 Å². The maximum atomic E-state index is 11.9. The van der Waals surface area contributed by atoms with E-state index >= 15 is 0 Å². The minimum atomic E-state index is -0.534. The molecule has 0 atom stereocenters. The van der Waals surface area contributed by atoms with Crippen molar-refractivity contribution in [2.24, 2.45) is 0 Å². The third-order valence-electron chi connectivity index (χ3n) is 8.70. The molecule has 1 saturated heterocycles. The molecule has 1 amide bonds. The Bertz CT molecular complexity index is 1810. The fourth-order valence-electron chi connectivity index (χ4n) is 5.25. The Morgan fingerprint density at radius 1 is 0.661 bits per heavy atom. The van der Waals surface area contributed by atoms with Gasteiger partial charge in [0.15, 0.2) is 0 Å². The lowest BCUT2D eigenvalue weighted by molar-refractivity contribution is -0.153. The van der Waals surface area contributed by atoms with Crippen LogP contribution in [0, 0.1) is 0 Å². The standard InChI is InChI=1S/C20H24O3.C17H26BNO4.C8H9BrO/c1-20(2,3)23-19(21)14-17-7-5-6-16(13-17)12-15-8-10-18(22-4)11-9-15;1-15(2,3)21-14(20)19-13-10-8-9-12(11-13)18-22-16(4,5)17(6,7)23-18;1-10-8-4-2-7(6-9)3-5-8/h5-11,13H,12,14H2,1-4H3;8-11H,1-7H3,(H,19,20);2-5H,6H2,1H3. The zero-order valence-electron chi connectivity index (χ0n) is 35.1. The van der Waals surface area contributed by atoms with Crippen LogP contribution >= 0.6 is 15.9 Å². The van der Waals surface area contributed by atoms with Gasteiger partial charge in [-0.15, -0.1) is 0 Å². The number of anilines is 1. The molecule has 9 nitrogen and oxygen atoms in total. The van der Waals surface area contributed by atoms with Gasteiger partial charge < -0.3 is 28.3 Å². The van der Waals surface area contributed by atoms with Crippen LogP contribution in [0.15, 0.2) is 97.1 Å². The molecule has 1 heterocycles. The van der Waals surface area contributed by atoms with Crippen LogP contribution in [0.2, 0.25) is 0 Å². The van der Waals surface area contributed by atoms with Crippen LogP contribution in [0.1, 0.15) is 91.5 Å². The third-order valence-corrected chi connectivity index (χ3v) is 9.35. The van der Waals surface area contributed by atoms with Crippen molar-refractivity contribution in [3.63, 3.8) is 0 Å². The summed E-state index contributed by atoms with van der Waals surface area (Å²) in [7, 11) is 2.87. The molecule has 0 aromatic heterocycles. The minimum absolute atomic E-state index is 0.195. The van der Waals surface area contributed by atoms with E-state index in [0.29, 0.717) is 12.1 Å². The van der Waals surface area contributed by atoms with Gasteiger partial charge in [-0.25, -0.2) is 4.79 Å². The van der Waals surface area contributed by atoms with E-state index in [9.17, 15) is 9.59 Å². The first-order chi connectivity index (χ1) is 26.1. The Morgan fingerprint density at radius 3 is 1.66 bits per heavy atom. The molecule has 5 rings (SSSR count). The number of carbonyl (C=O) groups excluding carboxylic acids is 2. The third kappa shape index (κ3) is 15.7. The first-order valence-electron chi connectivity index (χ1n) is 18.7. The summed E-state index contributed by atoms with van der Waals surface area (Å²) in [6.45, 7) is 19.2. The Hall–Kier alpha value is -4.32. The minimum Gasteiger partial charge on any atom is -0.497 e. The smallest absolute Gasteiger partial charge is 0.494 e. The molecular formula is C45H59BBrNO8. The van der Waals surface area contributed by atoms with Crippen molar-refractivity contribution in [1.82, 2.24) is 0 Å². The van der Waals surface area contributed by atoms with E-state index in [0.717, 1.165) is 34.3 Å². The maximum Gasteiger partial charge on any atom is 0.494 e. The van der Waals surface area contributed by atoms with Gasteiger partial charge in [-0.2, -0.15) is 0 Å². The van der Waals surface area contributed by atoms with E-state index in [1.165, 1.54) is 16.7 Å². The van der Waals surface area contributed by atoms with Crippen LogP contribution in [0.5, 0.6) is 11.5 Å². The molecule has 302 valence electrons. The number of amides is 1. The van der Waals surface area contributed by atoms with Crippen molar-refractivity contribution in [2.75, 3.05) is 19.5 Å². The monoisotopic (exact) mass is 831 g/mol. The Balaban J connectivity index is 0.000000242. The van der Waals surface area contributed by atoms with Crippen molar-refractivity contribution in [3.8, 4) is 11.5 Å². The first-order valence-corrected chi connectivity index (χ1v) is 19.8. The van der Waals surface area contributed by atoms with E-state index in [1.54, 1.807) is 20.3 Å². The fourth-order valence-corrected chi connectivity index (χ4v) is 5.63. The highest BCUT2D eigenvalue weighted by Crippen LogP contribution is 2.36. The summed E-state index contributed by atoms with van der Waals surface area (Å²) in [4.78, 5) is 23.8. The first kappa shape index (κ1) is 46.1. The zero-order valence-corrected chi connectivity index (χ0v) is 36.7. The van der Waals surface area contributed by atoms with Gasteiger partial charge in [-0.1, -0.05) is 76.6 Å². The lowest BCUT2D eigenvalue weighted by atomic mass is 9.79. The van der Waals surface area contributed by atoms with Crippen LogP contribution in [-0.2, 0) is 41.7 Å². The van der Waals surface area contributed by atoms with Crippen molar-refractivity contribution in [2.45, 2.75) is 110 Å². The van der Waals surface area contributed by atoms with Crippen LogP contribution in [0.3, 0.4) is 0 Å². The van der Waals surface area contributed by atoms with E-state index in [2.05, 4.69) is 45.5 Å². The molecule has 11 heteroatoms. The highest BCUT2D eigenvalue weighted by atomic mass is 79.9. The lowest BCUT2D eigenvalue weighted by Crippen LogP contribution is -2.41. The van der Waals surface area contributed by atoms with Gasteiger partial charge in [0, 0.05) is 11.0 Å². The van der Waals surface area contributed by atoms with E-state index in [4.69, 9.17) is 28.3 Å². The zero-order chi connectivity index (χ0) is 41.7. The number of alkyl halides is 1. The van der Waals surface area contributed by atoms with Gasteiger partial charge in [0.25, 0.3) is 0 Å². The number of ether oxygens (including phenoxy) is 4. The summed E-state index contributed by atoms with van der Waals surface area (Å²) in [5, 5.41) is 3.63. The SMILES string of the molecule is CC(C)(C)OC(=O)Nc1cccc(B2OC(C)(C)C(C)(C)O2)c1.COc1ccc(CBr)cc1.COc1ccc(Cc2cccc(CC(=O)OC(C)(C)C)c2)cc1. The van der Waals surface area contributed by atoms with E-state index < -0.39 is 35.6 Å². The topological polar surface area (TPSA) is 102 Å². The van der Waals surface area contributed by atoms with Gasteiger partial charge in [-0.3, -0.25) is 10.1 Å². The number of halogens is 1. The molecular weight excluding hydrogens is 773 g/mol. The predicted octanol–water partition coefficient (Wildman–Crippen LogP) is 10.1. The Labute approximate surface area is 343 Å². The van der Waals surface area contributed by atoms with Crippen molar-refractivity contribution >= 4 is 46.3 Å². The second kappa shape index (κ2) is 20.2. The van der Waals surface area contributed by atoms with Gasteiger partial charge in [0.05, 0.1) is 31.8 Å². The average molecular weight is 833 g/mol. The number of hydrogen-bond donors (Lipinski definition) is 1. The number of nitrogens with one attached hydrogen (secondary N) is 1. The summed E-state index contributed by atoms with van der Waals surface area (Å²) < 4.78 is 32.9. The molecule has 1 fully saturated rings. The Kier molecular flexibility index (Phi) is 16.6. The van der Waals surface area contributed by atoms with Crippen LogP contribution in [0.4, 0.5) is 10.5 Å². The van der Waals surface area contributed by atoms with E-state index in [-0.39, 0.29) is 5.97 Å². The fraction of sp³-hybridized carbons (Fsp3) is 0.422. The number of benzene rings is 4. The molecule has 1 aliphatic heterocycles. The van der Waals surface area contributed by atoms with Gasteiger partial charge in [0.2, 0.25) is 0 Å². The molecule has 1 N–H and O–H groups in total. The summed E-state index contributed by atoms with van der Waals surface area (Å²) in [5.41, 5.74) is 4.36. The molecule has 0 aliphatic carbocycles. The molecule has 0 unspecified atom stereocenters. The normalized spacial score (nSPS) is 14.3. The average Bonchev–Trinajstić information content (AvgIpc) is 3.33. The quantitative estimate of drug-likeness (QED) is 0.101. The maximum absolute atomic E-state index is 11.9. The number of rotatable bonds is 9. The van der Waals surface area contributed by atoms with Crippen molar-refractivity contribution in [1.29, 1.82) is 0 Å². The largest absolute Gasteiger partial charge is 0.497 e. The Morgan fingerprint density at radius 2 is 1.16 bits per heavy atom. The highest BCUT2D eigenvalue weighted by molar-refractivity contribution is 9.08. The molecule has 4 aromatic rings. The molecule has 56 heavy (non-hydrogen) atoms. The predicted molar refractivity (Wildman–Crippen MR) is 229 cm³/mol. The lowest BCUT2D eigenvalue weighted by Gasteiger charge is -2.32. The molecule has 0 radical (unpaired) electrons. The van der Waals surface area contributed by atoms with E-state index in [1.807, 2.05) is 136 Å². The van der Waals surface area contributed by atoms with Crippen molar-refractivity contribution < 1.29 is 37.8 Å². The van der Waals surface area contributed by atoms with Gasteiger partial charge in [0.1, 0.15) is 22.7 Å².